The lowest BCUT2D eigenvalue weighted by Crippen LogP contribution is -2.40. The summed E-state index contributed by atoms with van der Waals surface area (Å²) >= 11 is 0. The van der Waals surface area contributed by atoms with Gasteiger partial charge in [-0.3, -0.25) is 4.90 Å². The van der Waals surface area contributed by atoms with E-state index < -0.39 is 0 Å². The smallest absolute Gasteiger partial charge is 0.0558 e. The van der Waals surface area contributed by atoms with Crippen molar-refractivity contribution in [1.29, 1.82) is 0 Å². The van der Waals surface area contributed by atoms with Crippen LogP contribution in [-0.2, 0) is 0 Å². The van der Waals surface area contributed by atoms with Crippen molar-refractivity contribution in [3.63, 3.8) is 0 Å². The van der Waals surface area contributed by atoms with Crippen molar-refractivity contribution in [2.45, 2.75) is 64.1 Å². The molecule has 2 nitrogen and oxygen atoms in total. The summed E-state index contributed by atoms with van der Waals surface area (Å²) in [7, 11) is 0. The maximum absolute atomic E-state index is 9.87. The molecular weight excluding hydrogens is 174 g/mol. The maximum Gasteiger partial charge on any atom is 0.0558 e. The Bertz CT molecular complexity index is 193. The summed E-state index contributed by atoms with van der Waals surface area (Å²) < 4.78 is 0. The van der Waals surface area contributed by atoms with Crippen LogP contribution in [0.15, 0.2) is 0 Å². The van der Waals surface area contributed by atoms with Gasteiger partial charge in [0.2, 0.25) is 0 Å². The summed E-state index contributed by atoms with van der Waals surface area (Å²) in [6, 6.07) is 1.29. The van der Waals surface area contributed by atoms with E-state index in [4.69, 9.17) is 0 Å². The van der Waals surface area contributed by atoms with Crippen LogP contribution in [-0.4, -0.2) is 34.7 Å². The number of hydrogen-bond donors (Lipinski definition) is 1. The van der Waals surface area contributed by atoms with Gasteiger partial charge in [0.1, 0.15) is 0 Å². The minimum Gasteiger partial charge on any atom is -0.393 e. The predicted octanol–water partition coefficient (Wildman–Crippen LogP) is 2.02. The summed E-state index contributed by atoms with van der Waals surface area (Å²) in [5.41, 5.74) is 0. The minimum atomic E-state index is -0.0333. The zero-order valence-electron chi connectivity index (χ0n) is 9.45. The molecule has 3 atom stereocenters. The van der Waals surface area contributed by atoms with Crippen molar-refractivity contribution in [2.75, 3.05) is 6.54 Å². The standard InChI is InChI=1S/C12H23NO/c1-9(2)13-8-10-4-3-5-11(13)7-12(14)6-10/h9-12,14H,3-8H2,1-2H3/t10-,11-,12+/m0/s1. The lowest BCUT2D eigenvalue weighted by atomic mass is 9.91. The summed E-state index contributed by atoms with van der Waals surface area (Å²) in [4.78, 5) is 2.62. The monoisotopic (exact) mass is 197 g/mol. The molecule has 2 bridgehead atoms. The zero-order valence-corrected chi connectivity index (χ0v) is 9.45. The molecule has 2 aliphatic heterocycles. The Labute approximate surface area is 87.3 Å². The first-order chi connectivity index (χ1) is 6.66. The molecule has 1 N–H and O–H groups in total. The number of aliphatic hydroxyl groups excluding tert-OH is 1. The largest absolute Gasteiger partial charge is 0.393 e. The highest BCUT2D eigenvalue weighted by Crippen LogP contribution is 2.32. The van der Waals surface area contributed by atoms with Gasteiger partial charge in [0, 0.05) is 18.6 Å². The van der Waals surface area contributed by atoms with Crippen molar-refractivity contribution in [3.8, 4) is 0 Å². The molecule has 2 fully saturated rings. The van der Waals surface area contributed by atoms with Crippen molar-refractivity contribution in [1.82, 2.24) is 4.90 Å². The van der Waals surface area contributed by atoms with E-state index in [1.165, 1.54) is 25.8 Å². The molecule has 2 heterocycles. The van der Waals surface area contributed by atoms with E-state index >= 15 is 0 Å². The Kier molecular flexibility index (Phi) is 3.13. The van der Waals surface area contributed by atoms with E-state index in [0.29, 0.717) is 12.1 Å². The summed E-state index contributed by atoms with van der Waals surface area (Å²) in [5, 5.41) is 9.87. The molecule has 0 spiro atoms. The van der Waals surface area contributed by atoms with Crippen LogP contribution >= 0.6 is 0 Å². The van der Waals surface area contributed by atoms with Crippen LogP contribution in [0.1, 0.15) is 46.0 Å². The average Bonchev–Trinajstić information content (AvgIpc) is 2.33. The molecule has 2 aliphatic rings. The van der Waals surface area contributed by atoms with Gasteiger partial charge >= 0.3 is 0 Å². The molecule has 0 unspecified atom stereocenters. The number of aliphatic hydroxyl groups is 1. The Morgan fingerprint density at radius 2 is 2.00 bits per heavy atom. The Hall–Kier alpha value is -0.0800. The maximum atomic E-state index is 9.87. The van der Waals surface area contributed by atoms with Gasteiger partial charge in [-0.05, 0) is 45.4 Å². The number of fused-ring (bicyclic) bond motifs is 3. The molecule has 0 amide bonds. The fourth-order valence-corrected chi connectivity index (χ4v) is 3.22. The third-order valence-electron chi connectivity index (χ3n) is 3.90. The second-order valence-electron chi connectivity index (χ2n) is 5.37. The van der Waals surface area contributed by atoms with E-state index in [2.05, 4.69) is 18.7 Å². The minimum absolute atomic E-state index is 0.0333. The van der Waals surface area contributed by atoms with E-state index in [1.807, 2.05) is 0 Å². The van der Waals surface area contributed by atoms with Gasteiger partial charge < -0.3 is 5.11 Å². The van der Waals surface area contributed by atoms with Crippen LogP contribution in [0.4, 0.5) is 0 Å². The summed E-state index contributed by atoms with van der Waals surface area (Å²) in [6.45, 7) is 5.79. The van der Waals surface area contributed by atoms with Crippen LogP contribution in [0.25, 0.3) is 0 Å². The van der Waals surface area contributed by atoms with E-state index in [0.717, 1.165) is 18.8 Å². The van der Waals surface area contributed by atoms with Gasteiger partial charge in [-0.15, -0.1) is 0 Å². The molecule has 14 heavy (non-hydrogen) atoms. The highest BCUT2D eigenvalue weighted by Gasteiger charge is 2.33. The second-order valence-corrected chi connectivity index (χ2v) is 5.37. The molecule has 2 heteroatoms. The van der Waals surface area contributed by atoms with E-state index in [-0.39, 0.29) is 6.10 Å². The molecular formula is C12H23NO. The third kappa shape index (κ3) is 2.12. The lowest BCUT2D eigenvalue weighted by Gasteiger charge is -2.32. The first-order valence-corrected chi connectivity index (χ1v) is 6.10. The van der Waals surface area contributed by atoms with Gasteiger partial charge in [-0.2, -0.15) is 0 Å². The molecule has 2 rings (SSSR count). The van der Waals surface area contributed by atoms with Crippen LogP contribution in [0.2, 0.25) is 0 Å². The lowest BCUT2D eigenvalue weighted by molar-refractivity contribution is 0.104. The van der Waals surface area contributed by atoms with Crippen molar-refractivity contribution < 1.29 is 5.11 Å². The van der Waals surface area contributed by atoms with Gasteiger partial charge in [0.25, 0.3) is 0 Å². The van der Waals surface area contributed by atoms with Crippen molar-refractivity contribution >= 4 is 0 Å². The van der Waals surface area contributed by atoms with Gasteiger partial charge in [-0.1, -0.05) is 6.42 Å². The van der Waals surface area contributed by atoms with E-state index in [9.17, 15) is 5.11 Å². The first-order valence-electron chi connectivity index (χ1n) is 6.10. The second kappa shape index (κ2) is 4.19. The van der Waals surface area contributed by atoms with Gasteiger partial charge in [0.05, 0.1) is 6.10 Å². The summed E-state index contributed by atoms with van der Waals surface area (Å²) in [5.74, 6) is 0.750. The predicted molar refractivity (Wildman–Crippen MR) is 58.2 cm³/mol. The summed E-state index contributed by atoms with van der Waals surface area (Å²) in [6.07, 6.45) is 6.01. The average molecular weight is 197 g/mol. The van der Waals surface area contributed by atoms with Crippen molar-refractivity contribution in [3.05, 3.63) is 0 Å². The van der Waals surface area contributed by atoms with Gasteiger partial charge in [-0.25, -0.2) is 0 Å². The Morgan fingerprint density at radius 1 is 1.21 bits per heavy atom. The molecule has 0 aliphatic carbocycles. The third-order valence-corrected chi connectivity index (χ3v) is 3.90. The number of nitrogens with zero attached hydrogens (tertiary/aromatic N) is 1. The SMILES string of the molecule is CC(C)N1C[C@H]2CCC[C@H]1C[C@H](O)C2. The van der Waals surface area contributed by atoms with E-state index in [1.54, 1.807) is 0 Å². The highest BCUT2D eigenvalue weighted by atomic mass is 16.3. The molecule has 0 saturated carbocycles. The van der Waals surface area contributed by atoms with Crippen LogP contribution in [0, 0.1) is 5.92 Å². The quantitative estimate of drug-likeness (QED) is 0.695. The Morgan fingerprint density at radius 3 is 2.71 bits per heavy atom. The topological polar surface area (TPSA) is 23.5 Å². The normalized spacial score (nSPS) is 39.9. The molecule has 0 aromatic carbocycles. The number of rotatable bonds is 1. The number of hydrogen-bond acceptors (Lipinski definition) is 2. The zero-order chi connectivity index (χ0) is 10.1. The van der Waals surface area contributed by atoms with Crippen LogP contribution in [0.3, 0.4) is 0 Å². The fourth-order valence-electron chi connectivity index (χ4n) is 3.22. The van der Waals surface area contributed by atoms with Crippen molar-refractivity contribution in [2.24, 2.45) is 5.92 Å². The molecule has 2 saturated heterocycles. The van der Waals surface area contributed by atoms with Crippen LogP contribution in [0.5, 0.6) is 0 Å². The molecule has 0 radical (unpaired) electrons. The molecule has 0 aromatic heterocycles. The molecule has 0 aromatic rings. The van der Waals surface area contributed by atoms with Crippen LogP contribution < -0.4 is 0 Å². The van der Waals surface area contributed by atoms with Gasteiger partial charge in [0.15, 0.2) is 0 Å². The first kappa shape index (κ1) is 10.4. The highest BCUT2D eigenvalue weighted by molar-refractivity contribution is 4.88. The Balaban J connectivity index is 2.13. The fraction of sp³-hybridized carbons (Fsp3) is 1.00. The molecule has 82 valence electrons.